The number of carbonyl (C=O) groups is 1. The number of carbonyl (C=O) groups excluding carboxylic acids is 1. The third-order valence-electron chi connectivity index (χ3n) is 2.72. The van der Waals surface area contributed by atoms with Gasteiger partial charge in [0.05, 0.1) is 5.69 Å². The SMILES string of the molecule is CC(=O)N(CC1CC1)c1ccc(F)cc1F. The van der Waals surface area contributed by atoms with E-state index in [0.717, 1.165) is 18.9 Å². The summed E-state index contributed by atoms with van der Waals surface area (Å²) in [6, 6.07) is 3.29. The van der Waals surface area contributed by atoms with Gasteiger partial charge in [0.1, 0.15) is 11.6 Å². The number of hydrogen-bond donors (Lipinski definition) is 0. The van der Waals surface area contributed by atoms with Crippen LogP contribution in [0.2, 0.25) is 0 Å². The molecule has 4 heteroatoms. The molecule has 2 rings (SSSR count). The zero-order valence-electron chi connectivity index (χ0n) is 9.04. The molecule has 0 saturated heterocycles. The number of amides is 1. The van der Waals surface area contributed by atoms with Gasteiger partial charge in [-0.2, -0.15) is 0 Å². The fraction of sp³-hybridized carbons (Fsp3) is 0.417. The summed E-state index contributed by atoms with van der Waals surface area (Å²) in [5.41, 5.74) is 0.167. The van der Waals surface area contributed by atoms with Gasteiger partial charge in [0.25, 0.3) is 0 Å². The summed E-state index contributed by atoms with van der Waals surface area (Å²) in [4.78, 5) is 12.8. The molecule has 0 aliphatic heterocycles. The van der Waals surface area contributed by atoms with E-state index >= 15 is 0 Å². The van der Waals surface area contributed by atoms with E-state index in [9.17, 15) is 13.6 Å². The fourth-order valence-corrected chi connectivity index (χ4v) is 1.66. The van der Waals surface area contributed by atoms with Crippen molar-refractivity contribution >= 4 is 11.6 Å². The first-order valence-electron chi connectivity index (χ1n) is 5.31. The van der Waals surface area contributed by atoms with Crippen molar-refractivity contribution in [3.05, 3.63) is 29.8 Å². The van der Waals surface area contributed by atoms with Crippen molar-refractivity contribution in [1.82, 2.24) is 0 Å². The number of halogens is 2. The molecule has 0 unspecified atom stereocenters. The van der Waals surface area contributed by atoms with Crippen LogP contribution in [0, 0.1) is 17.6 Å². The Balaban J connectivity index is 2.26. The van der Waals surface area contributed by atoms with Crippen molar-refractivity contribution in [3.8, 4) is 0 Å². The van der Waals surface area contributed by atoms with E-state index in [1.807, 2.05) is 0 Å². The quantitative estimate of drug-likeness (QED) is 0.774. The second kappa shape index (κ2) is 4.20. The average molecular weight is 225 g/mol. The summed E-state index contributed by atoms with van der Waals surface area (Å²) in [5.74, 6) is -1.06. The van der Waals surface area contributed by atoms with Crippen molar-refractivity contribution < 1.29 is 13.6 Å². The predicted molar refractivity (Wildman–Crippen MR) is 57.1 cm³/mol. The Morgan fingerprint density at radius 2 is 2.12 bits per heavy atom. The van der Waals surface area contributed by atoms with Crippen molar-refractivity contribution in [3.63, 3.8) is 0 Å². The van der Waals surface area contributed by atoms with Crippen LogP contribution in [-0.4, -0.2) is 12.5 Å². The number of anilines is 1. The molecule has 1 aromatic rings. The van der Waals surface area contributed by atoms with Crippen LogP contribution >= 0.6 is 0 Å². The maximum atomic E-state index is 13.5. The number of hydrogen-bond acceptors (Lipinski definition) is 1. The average Bonchev–Trinajstić information content (AvgIpc) is 2.98. The maximum absolute atomic E-state index is 13.5. The maximum Gasteiger partial charge on any atom is 0.223 e. The van der Waals surface area contributed by atoms with Crippen molar-refractivity contribution in [1.29, 1.82) is 0 Å². The summed E-state index contributed by atoms with van der Waals surface area (Å²) >= 11 is 0. The smallest absolute Gasteiger partial charge is 0.223 e. The Labute approximate surface area is 92.9 Å². The van der Waals surface area contributed by atoms with Crippen LogP contribution in [0.1, 0.15) is 19.8 Å². The molecular formula is C12H13F2NO. The van der Waals surface area contributed by atoms with Crippen molar-refractivity contribution in [2.24, 2.45) is 5.92 Å². The molecule has 0 bridgehead atoms. The van der Waals surface area contributed by atoms with Crippen molar-refractivity contribution in [2.75, 3.05) is 11.4 Å². The van der Waals surface area contributed by atoms with Crippen LogP contribution in [-0.2, 0) is 4.79 Å². The van der Waals surface area contributed by atoms with Crippen LogP contribution in [0.15, 0.2) is 18.2 Å². The van der Waals surface area contributed by atoms with Gasteiger partial charge in [-0.3, -0.25) is 4.79 Å². The van der Waals surface area contributed by atoms with E-state index in [-0.39, 0.29) is 11.6 Å². The Morgan fingerprint density at radius 1 is 1.44 bits per heavy atom. The first kappa shape index (κ1) is 11.0. The van der Waals surface area contributed by atoms with Gasteiger partial charge in [-0.05, 0) is 30.9 Å². The van der Waals surface area contributed by atoms with E-state index in [0.29, 0.717) is 12.5 Å². The highest BCUT2D eigenvalue weighted by atomic mass is 19.1. The minimum atomic E-state index is -0.684. The third kappa shape index (κ3) is 2.38. The van der Waals surface area contributed by atoms with Gasteiger partial charge in [0.15, 0.2) is 0 Å². The molecule has 1 aromatic carbocycles. The van der Waals surface area contributed by atoms with Gasteiger partial charge in [0, 0.05) is 19.5 Å². The van der Waals surface area contributed by atoms with Gasteiger partial charge in [-0.1, -0.05) is 0 Å². The number of rotatable bonds is 3. The molecule has 1 fully saturated rings. The molecule has 0 aromatic heterocycles. The topological polar surface area (TPSA) is 20.3 Å². The molecule has 1 amide bonds. The van der Waals surface area contributed by atoms with Crippen LogP contribution in [0.3, 0.4) is 0 Å². The lowest BCUT2D eigenvalue weighted by Gasteiger charge is -2.21. The minimum absolute atomic E-state index is 0.167. The third-order valence-corrected chi connectivity index (χ3v) is 2.72. The lowest BCUT2D eigenvalue weighted by atomic mass is 10.2. The summed E-state index contributed by atoms with van der Waals surface area (Å²) < 4.78 is 26.2. The van der Waals surface area contributed by atoms with E-state index in [2.05, 4.69) is 0 Å². The summed E-state index contributed by atoms with van der Waals surface area (Å²) in [5, 5.41) is 0. The molecule has 1 aliphatic carbocycles. The molecule has 0 N–H and O–H groups in total. The lowest BCUT2D eigenvalue weighted by molar-refractivity contribution is -0.116. The van der Waals surface area contributed by atoms with Gasteiger partial charge < -0.3 is 4.90 Å². The van der Waals surface area contributed by atoms with Crippen molar-refractivity contribution in [2.45, 2.75) is 19.8 Å². The normalized spacial score (nSPS) is 14.9. The highest BCUT2D eigenvalue weighted by molar-refractivity contribution is 5.91. The number of nitrogens with zero attached hydrogens (tertiary/aromatic N) is 1. The second-order valence-electron chi connectivity index (χ2n) is 4.17. The largest absolute Gasteiger partial charge is 0.310 e. The molecule has 1 saturated carbocycles. The Kier molecular flexibility index (Phi) is 2.90. The molecular weight excluding hydrogens is 212 g/mol. The minimum Gasteiger partial charge on any atom is -0.310 e. The number of benzene rings is 1. The molecule has 0 radical (unpaired) electrons. The molecule has 2 nitrogen and oxygen atoms in total. The molecule has 0 heterocycles. The molecule has 16 heavy (non-hydrogen) atoms. The Morgan fingerprint density at radius 3 is 2.62 bits per heavy atom. The van der Waals surface area contributed by atoms with Gasteiger partial charge in [-0.15, -0.1) is 0 Å². The van der Waals surface area contributed by atoms with E-state index in [1.165, 1.54) is 24.0 Å². The zero-order chi connectivity index (χ0) is 11.7. The first-order valence-corrected chi connectivity index (χ1v) is 5.31. The van der Waals surface area contributed by atoms with Gasteiger partial charge >= 0.3 is 0 Å². The summed E-state index contributed by atoms with van der Waals surface area (Å²) in [6.45, 7) is 1.92. The standard InChI is InChI=1S/C12H13F2NO/c1-8(16)15(7-9-2-3-9)12-5-4-10(13)6-11(12)14/h4-6,9H,2-3,7H2,1H3. The highest BCUT2D eigenvalue weighted by Gasteiger charge is 2.27. The Hall–Kier alpha value is -1.45. The van der Waals surface area contributed by atoms with E-state index in [1.54, 1.807) is 0 Å². The van der Waals surface area contributed by atoms with E-state index < -0.39 is 11.6 Å². The Bertz CT molecular complexity index is 415. The summed E-state index contributed by atoms with van der Waals surface area (Å²) in [6.07, 6.45) is 2.15. The predicted octanol–water partition coefficient (Wildman–Crippen LogP) is 2.73. The molecule has 0 atom stereocenters. The van der Waals surface area contributed by atoms with Crippen LogP contribution in [0.4, 0.5) is 14.5 Å². The molecule has 1 aliphatic rings. The highest BCUT2D eigenvalue weighted by Crippen LogP contribution is 2.32. The first-order chi connectivity index (χ1) is 7.58. The molecule has 0 spiro atoms. The monoisotopic (exact) mass is 225 g/mol. The second-order valence-corrected chi connectivity index (χ2v) is 4.17. The fourth-order valence-electron chi connectivity index (χ4n) is 1.66. The molecule has 86 valence electrons. The van der Waals surface area contributed by atoms with Crippen LogP contribution < -0.4 is 4.90 Å². The summed E-state index contributed by atoms with van der Waals surface area (Å²) in [7, 11) is 0. The van der Waals surface area contributed by atoms with Gasteiger partial charge in [-0.25, -0.2) is 8.78 Å². The van der Waals surface area contributed by atoms with Gasteiger partial charge in [0.2, 0.25) is 5.91 Å². The lowest BCUT2D eigenvalue weighted by Crippen LogP contribution is -2.31. The van der Waals surface area contributed by atoms with Crippen LogP contribution in [0.25, 0.3) is 0 Å². The van der Waals surface area contributed by atoms with Crippen LogP contribution in [0.5, 0.6) is 0 Å². The zero-order valence-corrected chi connectivity index (χ0v) is 9.04. The van der Waals surface area contributed by atoms with E-state index in [4.69, 9.17) is 0 Å².